The molecule has 0 saturated heterocycles. The van der Waals surface area contributed by atoms with Gasteiger partial charge in [0, 0.05) is 36.2 Å². The highest BCUT2D eigenvalue weighted by molar-refractivity contribution is 7.23. The van der Waals surface area contributed by atoms with Crippen LogP contribution >= 0.6 is 22.7 Å². The lowest BCUT2D eigenvalue weighted by atomic mass is 9.96. The maximum absolute atomic E-state index is 11.8. The zero-order valence-electron chi connectivity index (χ0n) is 15.8. The van der Waals surface area contributed by atoms with Gasteiger partial charge >= 0.3 is 0 Å². The Balaban J connectivity index is 1.63. The first kappa shape index (κ1) is 17.6. The summed E-state index contributed by atoms with van der Waals surface area (Å²) in [5, 5.41) is 9.27. The van der Waals surface area contributed by atoms with Crippen molar-refractivity contribution in [2.75, 3.05) is 5.32 Å². The standard InChI is InChI=1S/C21H20N4OS2/c1-12(26)23-20-19(15-5-3-4-6-17(15)27-20)21-24-16-8-7-13(9-18(16)28-21)14-10-22-25(2)11-14/h7-11H,3-6H2,1-2H3,(H,23,26). The van der Waals surface area contributed by atoms with Crippen LogP contribution in [0.3, 0.4) is 0 Å². The van der Waals surface area contributed by atoms with Crippen molar-refractivity contribution in [2.45, 2.75) is 32.6 Å². The molecule has 5 rings (SSSR count). The van der Waals surface area contributed by atoms with Gasteiger partial charge in [0.2, 0.25) is 5.91 Å². The van der Waals surface area contributed by atoms with Gasteiger partial charge in [-0.05, 0) is 48.9 Å². The topological polar surface area (TPSA) is 59.8 Å². The number of rotatable bonds is 3. The summed E-state index contributed by atoms with van der Waals surface area (Å²) in [6.07, 6.45) is 8.49. The fourth-order valence-electron chi connectivity index (χ4n) is 3.82. The van der Waals surface area contributed by atoms with Crippen molar-refractivity contribution in [3.63, 3.8) is 0 Å². The normalized spacial score (nSPS) is 13.6. The summed E-state index contributed by atoms with van der Waals surface area (Å²) in [4.78, 5) is 18.1. The molecule has 0 saturated carbocycles. The molecule has 3 aromatic heterocycles. The first-order valence-corrected chi connectivity index (χ1v) is 11.0. The summed E-state index contributed by atoms with van der Waals surface area (Å²) in [5.74, 6) is -0.0279. The van der Waals surface area contributed by atoms with E-state index in [0.717, 1.165) is 49.8 Å². The van der Waals surface area contributed by atoms with Gasteiger partial charge in [0.05, 0.1) is 16.4 Å². The van der Waals surface area contributed by atoms with Crippen molar-refractivity contribution in [2.24, 2.45) is 7.05 Å². The molecule has 4 aromatic rings. The Hall–Kier alpha value is -2.51. The van der Waals surface area contributed by atoms with Crippen molar-refractivity contribution in [1.29, 1.82) is 0 Å². The molecule has 1 amide bonds. The van der Waals surface area contributed by atoms with E-state index in [2.05, 4.69) is 28.6 Å². The van der Waals surface area contributed by atoms with E-state index in [-0.39, 0.29) is 5.91 Å². The highest BCUT2D eigenvalue weighted by atomic mass is 32.1. The molecule has 0 spiro atoms. The molecule has 1 aliphatic rings. The SMILES string of the molecule is CC(=O)Nc1sc2c(c1-c1nc3ccc(-c4cnn(C)c4)cc3s1)CCCC2. The predicted molar refractivity (Wildman–Crippen MR) is 116 cm³/mol. The summed E-state index contributed by atoms with van der Waals surface area (Å²) in [5.41, 5.74) is 5.76. The van der Waals surface area contributed by atoms with E-state index in [1.165, 1.54) is 23.3 Å². The number of benzene rings is 1. The summed E-state index contributed by atoms with van der Waals surface area (Å²) in [6, 6.07) is 6.36. The second-order valence-electron chi connectivity index (χ2n) is 7.20. The number of carbonyl (C=O) groups excluding carboxylic acids is 1. The van der Waals surface area contributed by atoms with Crippen LogP contribution in [0.25, 0.3) is 31.9 Å². The quantitative estimate of drug-likeness (QED) is 0.503. The van der Waals surface area contributed by atoms with Crippen molar-refractivity contribution in [3.05, 3.63) is 41.0 Å². The van der Waals surface area contributed by atoms with Gasteiger partial charge in [-0.3, -0.25) is 9.48 Å². The fourth-order valence-corrected chi connectivity index (χ4v) is 6.31. The molecule has 0 aliphatic heterocycles. The zero-order valence-corrected chi connectivity index (χ0v) is 17.4. The summed E-state index contributed by atoms with van der Waals surface area (Å²) in [7, 11) is 1.93. The van der Waals surface area contributed by atoms with E-state index in [0.29, 0.717) is 0 Å². The monoisotopic (exact) mass is 408 g/mol. The van der Waals surface area contributed by atoms with Crippen LogP contribution in [0.4, 0.5) is 5.00 Å². The molecule has 1 aromatic carbocycles. The minimum atomic E-state index is -0.0279. The molecule has 0 fully saturated rings. The number of aryl methyl sites for hydroxylation is 2. The van der Waals surface area contributed by atoms with Gasteiger partial charge in [-0.1, -0.05) is 6.07 Å². The highest BCUT2D eigenvalue weighted by Crippen LogP contribution is 2.46. The van der Waals surface area contributed by atoms with E-state index in [1.807, 2.05) is 24.1 Å². The molecule has 3 heterocycles. The maximum atomic E-state index is 11.8. The fraction of sp³-hybridized carbons (Fsp3) is 0.286. The lowest BCUT2D eigenvalue weighted by Crippen LogP contribution is -2.05. The van der Waals surface area contributed by atoms with Crippen LogP contribution in [-0.2, 0) is 24.7 Å². The molecule has 28 heavy (non-hydrogen) atoms. The molecule has 5 nitrogen and oxygen atoms in total. The second kappa shape index (κ2) is 6.83. The minimum absolute atomic E-state index is 0.0279. The number of carbonyl (C=O) groups is 1. The Morgan fingerprint density at radius 3 is 2.82 bits per heavy atom. The molecule has 0 unspecified atom stereocenters. The predicted octanol–water partition coefficient (Wildman–Crippen LogP) is 5.26. The van der Waals surface area contributed by atoms with Crippen molar-refractivity contribution < 1.29 is 4.79 Å². The van der Waals surface area contributed by atoms with Crippen LogP contribution in [0.5, 0.6) is 0 Å². The van der Waals surface area contributed by atoms with Crippen molar-refractivity contribution >= 4 is 43.8 Å². The molecule has 7 heteroatoms. The number of anilines is 1. The van der Waals surface area contributed by atoms with Crippen LogP contribution in [0, 0.1) is 0 Å². The molecule has 142 valence electrons. The smallest absolute Gasteiger partial charge is 0.221 e. The number of hydrogen-bond acceptors (Lipinski definition) is 5. The van der Waals surface area contributed by atoms with Gasteiger partial charge in [-0.2, -0.15) is 5.10 Å². The highest BCUT2D eigenvalue weighted by Gasteiger charge is 2.24. The summed E-state index contributed by atoms with van der Waals surface area (Å²) >= 11 is 3.42. The zero-order chi connectivity index (χ0) is 19.3. The number of nitrogens with zero attached hydrogens (tertiary/aromatic N) is 3. The van der Waals surface area contributed by atoms with Crippen LogP contribution in [-0.4, -0.2) is 20.7 Å². The Bertz CT molecular complexity index is 1200. The minimum Gasteiger partial charge on any atom is -0.317 e. The average Bonchev–Trinajstić information content (AvgIpc) is 3.35. The lowest BCUT2D eigenvalue weighted by Gasteiger charge is -2.11. The molecule has 1 N–H and O–H groups in total. The molecule has 0 radical (unpaired) electrons. The van der Waals surface area contributed by atoms with Gasteiger partial charge in [0.25, 0.3) is 0 Å². The van der Waals surface area contributed by atoms with Gasteiger partial charge in [-0.15, -0.1) is 22.7 Å². The molecule has 1 aliphatic carbocycles. The third-order valence-corrected chi connectivity index (χ3v) is 7.34. The Kier molecular flexibility index (Phi) is 4.29. The number of thiazole rings is 1. The Morgan fingerprint density at radius 1 is 1.18 bits per heavy atom. The number of thiophene rings is 1. The van der Waals surface area contributed by atoms with Gasteiger partial charge in [-0.25, -0.2) is 4.98 Å². The van der Waals surface area contributed by atoms with Crippen LogP contribution < -0.4 is 5.32 Å². The third kappa shape index (κ3) is 3.04. The summed E-state index contributed by atoms with van der Waals surface area (Å²) < 4.78 is 2.97. The lowest BCUT2D eigenvalue weighted by molar-refractivity contribution is -0.114. The van der Waals surface area contributed by atoms with Crippen molar-refractivity contribution in [1.82, 2.24) is 14.8 Å². The summed E-state index contributed by atoms with van der Waals surface area (Å²) in [6.45, 7) is 1.57. The number of hydrogen-bond donors (Lipinski definition) is 1. The number of nitrogens with one attached hydrogen (secondary N) is 1. The van der Waals surface area contributed by atoms with Gasteiger partial charge < -0.3 is 5.32 Å². The van der Waals surface area contributed by atoms with Crippen LogP contribution in [0.15, 0.2) is 30.6 Å². The first-order chi connectivity index (χ1) is 13.6. The van der Waals surface area contributed by atoms with E-state index in [9.17, 15) is 4.79 Å². The number of fused-ring (bicyclic) bond motifs is 2. The van der Waals surface area contributed by atoms with E-state index >= 15 is 0 Å². The van der Waals surface area contributed by atoms with Crippen LogP contribution in [0.1, 0.15) is 30.2 Å². The van der Waals surface area contributed by atoms with Crippen LogP contribution in [0.2, 0.25) is 0 Å². The molecule has 0 atom stereocenters. The number of aromatic nitrogens is 3. The largest absolute Gasteiger partial charge is 0.317 e. The Labute approximate surface area is 171 Å². The first-order valence-electron chi connectivity index (χ1n) is 9.40. The second-order valence-corrected chi connectivity index (χ2v) is 9.34. The molecule has 0 bridgehead atoms. The van der Waals surface area contributed by atoms with Crippen molar-refractivity contribution in [3.8, 4) is 21.7 Å². The van der Waals surface area contributed by atoms with Gasteiger partial charge in [0.1, 0.15) is 10.0 Å². The third-order valence-electron chi connectivity index (χ3n) is 5.10. The van der Waals surface area contributed by atoms with Gasteiger partial charge in [0.15, 0.2) is 0 Å². The van der Waals surface area contributed by atoms with E-state index in [1.54, 1.807) is 29.6 Å². The van der Waals surface area contributed by atoms with E-state index < -0.39 is 0 Å². The Morgan fingerprint density at radius 2 is 2.04 bits per heavy atom. The molecular weight excluding hydrogens is 388 g/mol. The number of amides is 1. The van der Waals surface area contributed by atoms with E-state index in [4.69, 9.17) is 4.98 Å². The molecular formula is C21H20N4OS2. The maximum Gasteiger partial charge on any atom is 0.221 e. The average molecular weight is 409 g/mol.